The van der Waals surface area contributed by atoms with Gasteiger partial charge in [-0.1, -0.05) is 35.5 Å². The van der Waals surface area contributed by atoms with E-state index in [0.29, 0.717) is 48.7 Å². The Bertz CT molecular complexity index is 2130. The minimum atomic E-state index is -4.77. The van der Waals surface area contributed by atoms with Gasteiger partial charge in [-0.25, -0.2) is 4.68 Å². The number of piperidine rings is 1. The summed E-state index contributed by atoms with van der Waals surface area (Å²) in [6.45, 7) is 1.85. The van der Waals surface area contributed by atoms with Crippen LogP contribution in [0.4, 0.5) is 9.57 Å². The van der Waals surface area contributed by atoms with E-state index in [1.165, 1.54) is 24.3 Å². The average Bonchev–Trinajstić information content (AvgIpc) is 3.66. The fourth-order valence-corrected chi connectivity index (χ4v) is 6.79. The molecule has 16 heteroatoms. The minimum absolute atomic E-state index is 0.0369. The van der Waals surface area contributed by atoms with Crippen molar-refractivity contribution in [1.29, 1.82) is 0 Å². The number of aromatic nitrogens is 3. The molecule has 1 N–H and O–H groups in total. The van der Waals surface area contributed by atoms with E-state index in [4.69, 9.17) is 0 Å². The summed E-state index contributed by atoms with van der Waals surface area (Å²) in [7, 11) is -4.77. The number of imide groups is 2. The van der Waals surface area contributed by atoms with E-state index in [9.17, 15) is 36.3 Å². The first-order valence-electron chi connectivity index (χ1n) is 15.4. The Morgan fingerprint density at radius 2 is 1.61 bits per heavy atom. The van der Waals surface area contributed by atoms with E-state index in [1.54, 1.807) is 58.2 Å². The number of carbonyl (C=O) groups is 5. The van der Waals surface area contributed by atoms with Crippen molar-refractivity contribution in [3.63, 3.8) is 0 Å². The number of benzene rings is 3. The number of hydrogen-bond acceptors (Lipinski definition) is 10. The predicted molar refractivity (Wildman–Crippen MR) is 171 cm³/mol. The van der Waals surface area contributed by atoms with Crippen molar-refractivity contribution in [2.24, 2.45) is 0 Å². The highest BCUT2D eigenvalue weighted by molar-refractivity contribution is 7.86. The van der Waals surface area contributed by atoms with Crippen molar-refractivity contribution >= 4 is 45.4 Å². The fourth-order valence-electron chi connectivity index (χ4n) is 6.33. The number of amides is 5. The molecule has 1 aromatic heterocycles. The molecule has 4 heterocycles. The molecule has 7 rings (SSSR count). The lowest BCUT2D eigenvalue weighted by Crippen LogP contribution is -2.54. The first kappa shape index (κ1) is 31.8. The molecule has 49 heavy (non-hydrogen) atoms. The van der Waals surface area contributed by atoms with Crippen LogP contribution in [0.3, 0.4) is 0 Å². The van der Waals surface area contributed by atoms with E-state index in [1.807, 2.05) is 4.90 Å². The van der Waals surface area contributed by atoms with E-state index in [2.05, 4.69) is 15.6 Å². The van der Waals surface area contributed by atoms with Gasteiger partial charge >= 0.3 is 10.2 Å². The molecule has 1 unspecified atom stereocenters. The Kier molecular flexibility index (Phi) is 8.02. The van der Waals surface area contributed by atoms with Gasteiger partial charge in [0.2, 0.25) is 11.8 Å². The maximum Gasteiger partial charge on any atom is 0.332 e. The Hall–Kier alpha value is -5.77. The quantitative estimate of drug-likeness (QED) is 0.224. The van der Waals surface area contributed by atoms with Crippen molar-refractivity contribution in [1.82, 2.24) is 30.1 Å². The van der Waals surface area contributed by atoms with Crippen molar-refractivity contribution < 1.29 is 36.3 Å². The van der Waals surface area contributed by atoms with E-state index in [-0.39, 0.29) is 36.4 Å². The Morgan fingerprint density at radius 1 is 0.898 bits per heavy atom. The van der Waals surface area contributed by atoms with E-state index < -0.39 is 44.8 Å². The number of rotatable bonds is 7. The standard InChI is InChI=1S/C33H28FN7O7S/c34-49(47,48)23-10-4-20(5-11-23)18-40-19-25(36-37-40)21-6-8-22(9-7-21)31(44)39-16-14-38(15-17-39)26-3-1-2-24-29(26)33(46)41(32(24)45)27-12-13-28(42)35-30(27)43/h1-11,19,27H,12-18H2,(H,35,42,43). The molecule has 14 nitrogen and oxygen atoms in total. The zero-order valence-corrected chi connectivity index (χ0v) is 26.6. The van der Waals surface area contributed by atoms with Crippen LogP contribution in [-0.2, 0) is 26.4 Å². The van der Waals surface area contributed by atoms with Gasteiger partial charge in [0.25, 0.3) is 17.7 Å². The number of anilines is 1. The topological polar surface area (TPSA) is 172 Å². The summed E-state index contributed by atoms with van der Waals surface area (Å²) < 4.78 is 36.8. The summed E-state index contributed by atoms with van der Waals surface area (Å²) in [5.41, 5.74) is 3.46. The molecule has 4 aromatic rings. The van der Waals surface area contributed by atoms with Gasteiger partial charge in [-0.15, -0.1) is 8.98 Å². The Labute approximate surface area is 279 Å². The molecule has 0 spiro atoms. The average molecular weight is 686 g/mol. The van der Waals surface area contributed by atoms with Gasteiger partial charge in [-0.3, -0.25) is 34.2 Å². The molecule has 1 atom stereocenters. The Morgan fingerprint density at radius 3 is 2.29 bits per heavy atom. The van der Waals surface area contributed by atoms with Gasteiger partial charge in [0.1, 0.15) is 11.7 Å². The fraction of sp³-hybridized carbons (Fsp3) is 0.242. The SMILES string of the molecule is O=C1CCC(N2C(=O)c3cccc(N4CCN(C(=O)c5ccc(-c6cn(Cc7ccc(S(=O)(=O)F)cc7)nn6)cc5)CC4)c3C2=O)C(=O)N1. The highest BCUT2D eigenvalue weighted by atomic mass is 32.3. The second kappa shape index (κ2) is 12.4. The summed E-state index contributed by atoms with van der Waals surface area (Å²) in [5, 5.41) is 10.5. The zero-order chi connectivity index (χ0) is 34.4. The predicted octanol–water partition coefficient (Wildman–Crippen LogP) is 2.02. The number of halogens is 1. The van der Waals surface area contributed by atoms with Crippen LogP contribution in [-0.4, -0.2) is 95.0 Å². The van der Waals surface area contributed by atoms with E-state index in [0.717, 1.165) is 10.5 Å². The third-order valence-corrected chi connectivity index (χ3v) is 9.70. The van der Waals surface area contributed by atoms with Crippen molar-refractivity contribution in [3.05, 3.63) is 95.2 Å². The van der Waals surface area contributed by atoms with E-state index >= 15 is 0 Å². The van der Waals surface area contributed by atoms with Gasteiger partial charge < -0.3 is 9.80 Å². The van der Waals surface area contributed by atoms with Crippen LogP contribution in [0.25, 0.3) is 11.3 Å². The molecular formula is C33H28FN7O7S. The van der Waals surface area contributed by atoms with Crippen LogP contribution in [0.5, 0.6) is 0 Å². The van der Waals surface area contributed by atoms with Crippen LogP contribution in [0.1, 0.15) is 49.5 Å². The first-order chi connectivity index (χ1) is 23.5. The maximum absolute atomic E-state index is 13.5. The van der Waals surface area contributed by atoms with Crippen LogP contribution in [0.2, 0.25) is 0 Å². The van der Waals surface area contributed by atoms with Gasteiger partial charge in [0.05, 0.1) is 34.5 Å². The summed E-state index contributed by atoms with van der Waals surface area (Å²) >= 11 is 0. The Balaban J connectivity index is 0.981. The molecule has 2 fully saturated rings. The highest BCUT2D eigenvalue weighted by Crippen LogP contribution is 2.35. The minimum Gasteiger partial charge on any atom is -0.367 e. The molecule has 5 amide bonds. The molecule has 0 bridgehead atoms. The second-order valence-corrected chi connectivity index (χ2v) is 13.2. The first-order valence-corrected chi connectivity index (χ1v) is 16.8. The monoisotopic (exact) mass is 685 g/mol. The van der Waals surface area contributed by atoms with Gasteiger partial charge in [-0.05, 0) is 48.4 Å². The third-order valence-electron chi connectivity index (χ3n) is 8.87. The van der Waals surface area contributed by atoms with Crippen molar-refractivity contribution in [2.45, 2.75) is 30.3 Å². The van der Waals surface area contributed by atoms with Crippen LogP contribution in [0, 0.1) is 0 Å². The lowest BCUT2D eigenvalue weighted by molar-refractivity contribution is -0.136. The summed E-state index contributed by atoms with van der Waals surface area (Å²) in [4.78, 5) is 68.4. The number of fused-ring (bicyclic) bond motifs is 1. The normalized spacial score (nSPS) is 18.1. The molecule has 3 aromatic carbocycles. The zero-order valence-electron chi connectivity index (χ0n) is 25.8. The smallest absolute Gasteiger partial charge is 0.332 e. The molecule has 0 radical (unpaired) electrons. The van der Waals surface area contributed by atoms with Gasteiger partial charge in [0.15, 0.2) is 0 Å². The molecule has 2 saturated heterocycles. The number of nitrogens with one attached hydrogen (secondary N) is 1. The van der Waals surface area contributed by atoms with Gasteiger partial charge in [0, 0.05) is 43.7 Å². The lowest BCUT2D eigenvalue weighted by atomic mass is 10.0. The maximum atomic E-state index is 13.5. The molecule has 3 aliphatic rings. The molecule has 3 aliphatic heterocycles. The van der Waals surface area contributed by atoms with Crippen molar-refractivity contribution in [3.8, 4) is 11.3 Å². The molecule has 0 saturated carbocycles. The number of piperazine rings is 1. The summed E-state index contributed by atoms with van der Waals surface area (Å²) in [6.07, 6.45) is 1.82. The van der Waals surface area contributed by atoms with Crippen LogP contribution in [0.15, 0.2) is 77.8 Å². The highest BCUT2D eigenvalue weighted by Gasteiger charge is 2.46. The molecule has 0 aliphatic carbocycles. The summed E-state index contributed by atoms with van der Waals surface area (Å²) in [5.74, 6) is -2.41. The summed E-state index contributed by atoms with van der Waals surface area (Å²) in [6, 6.07) is 16.3. The molecular weight excluding hydrogens is 657 g/mol. The second-order valence-electron chi connectivity index (χ2n) is 11.9. The third kappa shape index (κ3) is 6.06. The van der Waals surface area contributed by atoms with Gasteiger partial charge in [-0.2, -0.15) is 8.42 Å². The lowest BCUT2D eigenvalue weighted by Gasteiger charge is -2.37. The number of nitrogens with zero attached hydrogens (tertiary/aromatic N) is 6. The van der Waals surface area contributed by atoms with Crippen LogP contribution < -0.4 is 10.2 Å². The largest absolute Gasteiger partial charge is 0.367 e. The van der Waals surface area contributed by atoms with Crippen LogP contribution >= 0.6 is 0 Å². The van der Waals surface area contributed by atoms with Crippen molar-refractivity contribution in [2.75, 3.05) is 31.1 Å². The molecule has 250 valence electrons. The number of hydrogen-bond donors (Lipinski definition) is 1. The number of carbonyl (C=O) groups excluding carboxylic acids is 5.